The maximum Gasteiger partial charge on any atom is 0.315 e. The van der Waals surface area contributed by atoms with Gasteiger partial charge in [-0.05, 0) is 26.0 Å². The number of carbonyl (C=O) groups is 1. The molecule has 6 heteroatoms. The molecule has 0 aliphatic heterocycles. The molecule has 0 fully saturated rings. The number of carboxylic acids is 1. The third kappa shape index (κ3) is 3.10. The summed E-state index contributed by atoms with van der Waals surface area (Å²) < 4.78 is 0. The van der Waals surface area contributed by atoms with Crippen LogP contribution in [0, 0.1) is 10.1 Å². The summed E-state index contributed by atoms with van der Waals surface area (Å²) in [4.78, 5) is 24.7. The van der Waals surface area contributed by atoms with Crippen LogP contribution in [0.5, 0.6) is 0 Å². The van der Waals surface area contributed by atoms with Gasteiger partial charge in [0.05, 0.1) is 16.3 Å². The molecule has 0 radical (unpaired) electrons. The Balaban J connectivity index is 3.09. The molecule has 1 rings (SSSR count). The van der Waals surface area contributed by atoms with Crippen LogP contribution in [0.25, 0.3) is 6.08 Å². The van der Waals surface area contributed by atoms with Crippen molar-refractivity contribution in [3.8, 4) is 0 Å². The van der Waals surface area contributed by atoms with Crippen LogP contribution in [-0.4, -0.2) is 21.0 Å². The van der Waals surface area contributed by atoms with Crippen molar-refractivity contribution in [3.05, 3.63) is 45.9 Å². The normalized spacial score (nSPS) is 11.6. The summed E-state index contributed by atoms with van der Waals surface area (Å²) in [5, 5.41) is 19.2. The van der Waals surface area contributed by atoms with E-state index in [1.165, 1.54) is 19.9 Å². The van der Waals surface area contributed by atoms with E-state index in [0.717, 1.165) is 6.20 Å². The van der Waals surface area contributed by atoms with Crippen molar-refractivity contribution in [2.24, 2.45) is 0 Å². The number of nitro groups is 1. The van der Waals surface area contributed by atoms with Gasteiger partial charge in [0.15, 0.2) is 0 Å². The van der Waals surface area contributed by atoms with Crippen LogP contribution in [-0.2, 0) is 10.2 Å². The number of carboxylic acid groups (broad SMARTS) is 1. The number of hydrogen-bond acceptors (Lipinski definition) is 4. The molecule has 0 atom stereocenters. The summed E-state index contributed by atoms with van der Waals surface area (Å²) in [6, 6.07) is 4.77. The van der Waals surface area contributed by atoms with Gasteiger partial charge < -0.3 is 5.11 Å². The Morgan fingerprint density at radius 1 is 1.53 bits per heavy atom. The molecule has 1 aromatic heterocycles. The summed E-state index contributed by atoms with van der Waals surface area (Å²) in [5.41, 5.74) is -0.414. The third-order valence-electron chi connectivity index (χ3n) is 2.31. The highest BCUT2D eigenvalue weighted by Gasteiger charge is 2.30. The van der Waals surface area contributed by atoms with Crippen LogP contribution >= 0.6 is 0 Å². The molecule has 0 spiro atoms. The lowest BCUT2D eigenvalue weighted by atomic mass is 9.89. The fourth-order valence-electron chi connectivity index (χ4n) is 1.14. The van der Waals surface area contributed by atoms with Crippen molar-refractivity contribution in [2.75, 3.05) is 0 Å². The largest absolute Gasteiger partial charge is 0.481 e. The highest BCUT2D eigenvalue weighted by molar-refractivity contribution is 5.79. The summed E-state index contributed by atoms with van der Waals surface area (Å²) in [6.45, 7) is 3.05. The highest BCUT2D eigenvalue weighted by Crippen LogP contribution is 2.21. The molecule has 0 aliphatic rings. The first-order valence-corrected chi connectivity index (χ1v) is 4.86. The molecule has 0 saturated heterocycles. The van der Waals surface area contributed by atoms with E-state index in [1.54, 1.807) is 18.2 Å². The average molecular weight is 236 g/mol. The molecule has 0 amide bonds. The van der Waals surface area contributed by atoms with Gasteiger partial charge in [-0.2, -0.15) is 0 Å². The van der Waals surface area contributed by atoms with Gasteiger partial charge in [0.1, 0.15) is 5.41 Å². The number of aromatic nitrogens is 1. The van der Waals surface area contributed by atoms with E-state index in [0.29, 0.717) is 11.4 Å². The monoisotopic (exact) mass is 236 g/mol. The Morgan fingerprint density at radius 3 is 2.71 bits per heavy atom. The van der Waals surface area contributed by atoms with E-state index in [2.05, 4.69) is 4.98 Å². The van der Waals surface area contributed by atoms with Crippen molar-refractivity contribution in [1.82, 2.24) is 4.98 Å². The Kier molecular flexibility index (Phi) is 3.57. The van der Waals surface area contributed by atoms with Crippen LogP contribution < -0.4 is 0 Å². The van der Waals surface area contributed by atoms with Gasteiger partial charge in [0.2, 0.25) is 6.20 Å². The zero-order chi connectivity index (χ0) is 13.1. The van der Waals surface area contributed by atoms with Crippen molar-refractivity contribution in [1.29, 1.82) is 0 Å². The maximum atomic E-state index is 11.0. The Morgan fingerprint density at radius 2 is 2.18 bits per heavy atom. The predicted octanol–water partition coefficient (Wildman–Crippen LogP) is 1.69. The number of nitrogens with zero attached hydrogens (tertiary/aromatic N) is 2. The number of hydrogen-bond donors (Lipinski definition) is 1. The third-order valence-corrected chi connectivity index (χ3v) is 2.31. The first kappa shape index (κ1) is 12.8. The molecular weight excluding hydrogens is 224 g/mol. The van der Waals surface area contributed by atoms with Crippen LogP contribution in [0.15, 0.2) is 24.4 Å². The van der Waals surface area contributed by atoms with E-state index in [9.17, 15) is 14.9 Å². The zero-order valence-corrected chi connectivity index (χ0v) is 9.45. The van der Waals surface area contributed by atoms with Crippen LogP contribution in [0.1, 0.15) is 25.2 Å². The molecular formula is C11H12N2O4. The Hall–Kier alpha value is -2.24. The lowest BCUT2D eigenvalue weighted by Gasteiger charge is -2.18. The molecule has 1 N–H and O–H groups in total. The first-order valence-electron chi connectivity index (χ1n) is 4.86. The minimum absolute atomic E-state index is 0.355. The van der Waals surface area contributed by atoms with Gasteiger partial charge in [-0.25, -0.2) is 0 Å². The quantitative estimate of drug-likeness (QED) is 0.634. The smallest absolute Gasteiger partial charge is 0.315 e. The summed E-state index contributed by atoms with van der Waals surface area (Å²) in [6.07, 6.45) is 1.99. The average Bonchev–Trinajstić information content (AvgIpc) is 2.26. The predicted molar refractivity (Wildman–Crippen MR) is 60.9 cm³/mol. The molecule has 0 aliphatic carbocycles. The summed E-state index contributed by atoms with van der Waals surface area (Å²) in [5.74, 6) is -1.000. The van der Waals surface area contributed by atoms with E-state index in [4.69, 9.17) is 5.11 Å². The number of aliphatic carboxylic acids is 1. The fraction of sp³-hybridized carbons (Fsp3) is 0.273. The van der Waals surface area contributed by atoms with Crippen LogP contribution in [0.2, 0.25) is 0 Å². The fourth-order valence-corrected chi connectivity index (χ4v) is 1.14. The second kappa shape index (κ2) is 4.73. The number of rotatable bonds is 4. The minimum atomic E-state index is -1.13. The van der Waals surface area contributed by atoms with Crippen LogP contribution in [0.4, 0.5) is 0 Å². The molecule has 90 valence electrons. The second-order valence-corrected chi connectivity index (χ2v) is 3.98. The molecule has 0 aromatic carbocycles. The van der Waals surface area contributed by atoms with Gasteiger partial charge >= 0.3 is 5.97 Å². The molecule has 6 nitrogen and oxygen atoms in total. The lowest BCUT2D eigenvalue weighted by molar-refractivity contribution is -0.401. The molecule has 17 heavy (non-hydrogen) atoms. The van der Waals surface area contributed by atoms with E-state index >= 15 is 0 Å². The van der Waals surface area contributed by atoms with Crippen molar-refractivity contribution < 1.29 is 14.8 Å². The number of pyridine rings is 1. The Labute approximate surface area is 97.8 Å². The standard InChI is InChI=1S/C11H12N2O4/c1-11(2,10(14)15)9-5-3-4-8(12-9)6-7-13(16)17/h3-7H,1-2H3,(H,14,15). The minimum Gasteiger partial charge on any atom is -0.481 e. The SMILES string of the molecule is CC(C)(C(=O)O)c1cccc(C=C[N+](=O)[O-])n1. The van der Waals surface area contributed by atoms with Crippen molar-refractivity contribution in [3.63, 3.8) is 0 Å². The summed E-state index contributed by atoms with van der Waals surface area (Å²) in [7, 11) is 0. The van der Waals surface area contributed by atoms with Crippen molar-refractivity contribution >= 4 is 12.0 Å². The zero-order valence-electron chi connectivity index (χ0n) is 9.45. The van der Waals surface area contributed by atoms with E-state index in [1.807, 2.05) is 0 Å². The van der Waals surface area contributed by atoms with Gasteiger partial charge in [0.25, 0.3) is 0 Å². The van der Waals surface area contributed by atoms with Gasteiger partial charge in [0, 0.05) is 6.08 Å². The molecule has 0 unspecified atom stereocenters. The van der Waals surface area contributed by atoms with Gasteiger partial charge in [-0.1, -0.05) is 6.07 Å². The molecule has 1 heterocycles. The van der Waals surface area contributed by atoms with Gasteiger partial charge in [-0.3, -0.25) is 19.9 Å². The van der Waals surface area contributed by atoms with E-state index in [-0.39, 0.29) is 0 Å². The topological polar surface area (TPSA) is 93.3 Å². The molecule has 0 saturated carbocycles. The molecule has 1 aromatic rings. The second-order valence-electron chi connectivity index (χ2n) is 3.98. The van der Waals surface area contributed by atoms with E-state index < -0.39 is 16.3 Å². The summed E-state index contributed by atoms with van der Waals surface area (Å²) >= 11 is 0. The van der Waals surface area contributed by atoms with Crippen LogP contribution in [0.3, 0.4) is 0 Å². The highest BCUT2D eigenvalue weighted by atomic mass is 16.6. The lowest BCUT2D eigenvalue weighted by Crippen LogP contribution is -2.29. The maximum absolute atomic E-state index is 11.0. The Bertz CT molecular complexity index is 480. The van der Waals surface area contributed by atoms with Gasteiger partial charge in [-0.15, -0.1) is 0 Å². The molecule has 0 bridgehead atoms. The van der Waals surface area contributed by atoms with Crippen molar-refractivity contribution in [2.45, 2.75) is 19.3 Å². The first-order chi connectivity index (χ1) is 7.84.